The number of rotatable bonds is 8. The van der Waals surface area contributed by atoms with Crippen LogP contribution in [-0.4, -0.2) is 78.6 Å². The van der Waals surface area contributed by atoms with Crippen LogP contribution in [0, 0.1) is 0 Å². The Balaban J connectivity index is 0.00000392. The van der Waals surface area contributed by atoms with Gasteiger partial charge in [-0.15, -0.1) is 24.0 Å². The summed E-state index contributed by atoms with van der Waals surface area (Å²) in [5.41, 5.74) is 0. The van der Waals surface area contributed by atoms with Crippen molar-refractivity contribution in [1.82, 2.24) is 20.1 Å². The van der Waals surface area contributed by atoms with E-state index < -0.39 is 0 Å². The maximum absolute atomic E-state index is 4.90. The van der Waals surface area contributed by atoms with Crippen molar-refractivity contribution in [2.24, 2.45) is 4.99 Å². The summed E-state index contributed by atoms with van der Waals surface area (Å²) in [5, 5.41) is 3.47. The SMILES string of the molecule is CCNC(=NCCCN(C(C)C)C(C)C)N1CCN(c2ccccn2)CC1.I. The van der Waals surface area contributed by atoms with E-state index in [0.717, 1.165) is 64.0 Å². The van der Waals surface area contributed by atoms with Crippen molar-refractivity contribution in [1.29, 1.82) is 0 Å². The predicted octanol–water partition coefficient (Wildman–Crippen LogP) is 3.30. The zero-order valence-corrected chi connectivity index (χ0v) is 20.6. The van der Waals surface area contributed by atoms with Crippen molar-refractivity contribution in [3.05, 3.63) is 24.4 Å². The van der Waals surface area contributed by atoms with Crippen LogP contribution in [0.15, 0.2) is 29.4 Å². The van der Waals surface area contributed by atoms with Crippen molar-refractivity contribution in [2.45, 2.75) is 53.1 Å². The van der Waals surface area contributed by atoms with Crippen LogP contribution in [0.3, 0.4) is 0 Å². The van der Waals surface area contributed by atoms with Gasteiger partial charge in [0, 0.05) is 64.1 Å². The van der Waals surface area contributed by atoms with Gasteiger partial charge >= 0.3 is 0 Å². The minimum Gasteiger partial charge on any atom is -0.357 e. The average Bonchev–Trinajstić information content (AvgIpc) is 2.67. The van der Waals surface area contributed by atoms with Crippen LogP contribution in [0.4, 0.5) is 5.82 Å². The summed E-state index contributed by atoms with van der Waals surface area (Å²) in [6, 6.07) is 7.28. The molecular weight excluding hydrogens is 463 g/mol. The molecule has 0 aliphatic carbocycles. The topological polar surface area (TPSA) is 47.0 Å². The molecule has 0 saturated carbocycles. The Morgan fingerprint density at radius 1 is 1.14 bits per heavy atom. The summed E-state index contributed by atoms with van der Waals surface area (Å²) in [6.45, 7) is 18.0. The van der Waals surface area contributed by atoms with Gasteiger partial charge < -0.3 is 15.1 Å². The smallest absolute Gasteiger partial charge is 0.194 e. The quantitative estimate of drug-likeness (QED) is 0.256. The number of hydrogen-bond acceptors (Lipinski definition) is 4. The summed E-state index contributed by atoms with van der Waals surface area (Å²) < 4.78 is 0. The largest absolute Gasteiger partial charge is 0.357 e. The Bertz CT molecular complexity index is 547. The Hall–Kier alpha value is -1.09. The minimum absolute atomic E-state index is 0. The molecule has 2 heterocycles. The number of aromatic nitrogens is 1. The molecule has 1 saturated heterocycles. The summed E-state index contributed by atoms with van der Waals surface area (Å²) >= 11 is 0. The van der Waals surface area contributed by atoms with E-state index in [4.69, 9.17) is 4.99 Å². The van der Waals surface area contributed by atoms with E-state index in [1.54, 1.807) is 0 Å². The molecule has 0 spiro atoms. The fraction of sp³-hybridized carbons (Fsp3) is 0.714. The second-order valence-electron chi connectivity index (χ2n) is 7.68. The monoisotopic (exact) mass is 502 g/mol. The molecule has 0 atom stereocenters. The molecule has 1 aromatic heterocycles. The molecule has 1 fully saturated rings. The second kappa shape index (κ2) is 13.2. The summed E-state index contributed by atoms with van der Waals surface area (Å²) in [4.78, 5) is 16.6. The fourth-order valence-corrected chi connectivity index (χ4v) is 3.66. The van der Waals surface area contributed by atoms with Crippen LogP contribution in [-0.2, 0) is 0 Å². The molecule has 0 amide bonds. The number of nitrogens with one attached hydrogen (secondary N) is 1. The zero-order valence-electron chi connectivity index (χ0n) is 18.3. The van der Waals surface area contributed by atoms with E-state index in [1.807, 2.05) is 12.3 Å². The van der Waals surface area contributed by atoms with Gasteiger partial charge in [-0.25, -0.2) is 4.98 Å². The van der Waals surface area contributed by atoms with Gasteiger partial charge in [0.25, 0.3) is 0 Å². The van der Waals surface area contributed by atoms with Crippen LogP contribution in [0.1, 0.15) is 41.0 Å². The molecular formula is C21H39IN6. The van der Waals surface area contributed by atoms with Gasteiger partial charge in [0.1, 0.15) is 5.82 Å². The first-order valence-electron chi connectivity index (χ1n) is 10.5. The second-order valence-corrected chi connectivity index (χ2v) is 7.68. The summed E-state index contributed by atoms with van der Waals surface area (Å²) in [6.07, 6.45) is 2.96. The molecule has 160 valence electrons. The highest BCUT2D eigenvalue weighted by Gasteiger charge is 2.20. The Kier molecular flexibility index (Phi) is 11.8. The molecule has 1 aliphatic rings. The molecule has 1 aliphatic heterocycles. The number of nitrogens with zero attached hydrogens (tertiary/aromatic N) is 5. The number of pyridine rings is 1. The van der Waals surface area contributed by atoms with Crippen molar-refractivity contribution in [3.8, 4) is 0 Å². The average molecular weight is 502 g/mol. The fourth-order valence-electron chi connectivity index (χ4n) is 3.66. The lowest BCUT2D eigenvalue weighted by Gasteiger charge is -2.37. The third-order valence-electron chi connectivity index (χ3n) is 5.05. The van der Waals surface area contributed by atoms with Crippen molar-refractivity contribution < 1.29 is 0 Å². The molecule has 0 radical (unpaired) electrons. The minimum atomic E-state index is 0. The zero-order chi connectivity index (χ0) is 19.6. The number of hydrogen-bond donors (Lipinski definition) is 1. The maximum atomic E-state index is 4.90. The normalized spacial score (nSPS) is 15.4. The Morgan fingerprint density at radius 3 is 2.36 bits per heavy atom. The van der Waals surface area contributed by atoms with Gasteiger partial charge in [-0.05, 0) is 53.2 Å². The highest BCUT2D eigenvalue weighted by atomic mass is 127. The molecule has 7 heteroatoms. The number of guanidine groups is 1. The van der Waals surface area contributed by atoms with Crippen LogP contribution in [0.25, 0.3) is 0 Å². The highest BCUT2D eigenvalue weighted by Crippen LogP contribution is 2.12. The third-order valence-corrected chi connectivity index (χ3v) is 5.05. The third kappa shape index (κ3) is 7.73. The Morgan fingerprint density at radius 2 is 1.82 bits per heavy atom. The lowest BCUT2D eigenvalue weighted by molar-refractivity contribution is 0.174. The molecule has 0 bridgehead atoms. The van der Waals surface area contributed by atoms with Gasteiger partial charge in [0.15, 0.2) is 5.96 Å². The number of piperazine rings is 1. The van der Waals surface area contributed by atoms with E-state index in [-0.39, 0.29) is 24.0 Å². The van der Waals surface area contributed by atoms with Gasteiger partial charge in [-0.2, -0.15) is 0 Å². The molecule has 28 heavy (non-hydrogen) atoms. The molecule has 1 aromatic rings. The lowest BCUT2D eigenvalue weighted by Crippen LogP contribution is -2.52. The van der Waals surface area contributed by atoms with Gasteiger partial charge in [-0.3, -0.25) is 9.89 Å². The number of aliphatic imine (C=N–C) groups is 1. The Labute approximate surface area is 188 Å². The van der Waals surface area contributed by atoms with Crippen LogP contribution in [0.5, 0.6) is 0 Å². The van der Waals surface area contributed by atoms with Gasteiger partial charge in [0.2, 0.25) is 0 Å². The lowest BCUT2D eigenvalue weighted by atomic mass is 10.2. The standard InChI is InChI=1S/C21H38N6.HI/c1-6-22-21(24-12-9-13-27(18(2)3)19(4)5)26-16-14-25(15-17-26)20-10-7-8-11-23-20;/h7-8,10-11,18-19H,6,9,12-17H2,1-5H3,(H,22,24);1H. The van der Waals surface area contributed by atoms with Crippen molar-refractivity contribution in [2.75, 3.05) is 50.7 Å². The van der Waals surface area contributed by atoms with Gasteiger partial charge in [0.05, 0.1) is 0 Å². The molecule has 0 aromatic carbocycles. The first-order valence-corrected chi connectivity index (χ1v) is 10.5. The van der Waals surface area contributed by atoms with E-state index in [9.17, 15) is 0 Å². The molecule has 6 nitrogen and oxygen atoms in total. The summed E-state index contributed by atoms with van der Waals surface area (Å²) in [5.74, 6) is 2.13. The van der Waals surface area contributed by atoms with Crippen molar-refractivity contribution >= 4 is 35.8 Å². The molecule has 0 unspecified atom stereocenters. The van der Waals surface area contributed by atoms with Crippen LogP contribution in [0.2, 0.25) is 0 Å². The molecule has 1 N–H and O–H groups in total. The predicted molar refractivity (Wildman–Crippen MR) is 131 cm³/mol. The van der Waals surface area contributed by atoms with E-state index in [0.29, 0.717) is 12.1 Å². The van der Waals surface area contributed by atoms with Crippen LogP contribution < -0.4 is 10.2 Å². The van der Waals surface area contributed by atoms with E-state index in [1.165, 1.54) is 0 Å². The first-order chi connectivity index (χ1) is 13.0. The first kappa shape index (κ1) is 24.9. The molecule has 2 rings (SSSR count). The van der Waals surface area contributed by atoms with E-state index in [2.05, 4.69) is 71.8 Å². The summed E-state index contributed by atoms with van der Waals surface area (Å²) in [7, 11) is 0. The van der Waals surface area contributed by atoms with Crippen LogP contribution >= 0.6 is 24.0 Å². The highest BCUT2D eigenvalue weighted by molar-refractivity contribution is 14.0. The van der Waals surface area contributed by atoms with E-state index >= 15 is 0 Å². The van der Waals surface area contributed by atoms with Crippen molar-refractivity contribution in [3.63, 3.8) is 0 Å². The number of anilines is 1. The number of halogens is 1. The maximum Gasteiger partial charge on any atom is 0.194 e. The van der Waals surface area contributed by atoms with Gasteiger partial charge in [-0.1, -0.05) is 6.07 Å².